The third kappa shape index (κ3) is 2.04. The Hall–Kier alpha value is -3.60. The van der Waals surface area contributed by atoms with Gasteiger partial charge in [-0.25, -0.2) is 4.79 Å². The fraction of sp³-hybridized carbons (Fsp3) is 0.0476. The summed E-state index contributed by atoms with van der Waals surface area (Å²) in [6.45, 7) is 0. The highest BCUT2D eigenvalue weighted by Gasteiger charge is 2.14. The Kier molecular flexibility index (Phi) is 2.94. The molecule has 5 aromatic rings. The van der Waals surface area contributed by atoms with Crippen molar-refractivity contribution in [1.29, 1.82) is 0 Å². The molecule has 1 heterocycles. The molecule has 0 spiro atoms. The Morgan fingerprint density at radius 1 is 0.769 bits per heavy atom. The second-order valence-corrected chi connectivity index (χ2v) is 6.49. The Balaban J connectivity index is 1.82. The van der Waals surface area contributed by atoms with Crippen molar-refractivity contribution in [3.63, 3.8) is 0 Å². The van der Waals surface area contributed by atoms with E-state index in [0.29, 0.717) is 0 Å². The first-order valence-corrected chi connectivity index (χ1v) is 8.32. The zero-order chi connectivity index (χ0) is 17.8. The number of nitrogens with one attached hydrogen (secondary N) is 2. The Morgan fingerprint density at radius 2 is 1.42 bits per heavy atom. The van der Waals surface area contributed by atoms with Gasteiger partial charge in [0.05, 0.1) is 5.56 Å². The summed E-state index contributed by atoms with van der Waals surface area (Å²) >= 11 is 0. The quantitative estimate of drug-likeness (QED) is 0.430. The fourth-order valence-electron chi connectivity index (χ4n) is 3.80. The van der Waals surface area contributed by atoms with E-state index < -0.39 is 11.2 Å². The molecule has 0 aliphatic rings. The summed E-state index contributed by atoms with van der Waals surface area (Å²) in [6.07, 6.45) is 0.228. The lowest BCUT2D eigenvalue weighted by atomic mass is 9.90. The molecule has 0 radical (unpaired) electrons. The number of hydrogen-bond donors (Lipinski definition) is 3. The number of hydrogen-bond acceptors (Lipinski definition) is 3. The van der Waals surface area contributed by atoms with Crippen molar-refractivity contribution in [3.8, 4) is 5.88 Å². The molecule has 5 nitrogen and oxygen atoms in total. The SMILES string of the molecule is O=c1[nH]c(O)c(Cc2ccc3ccc4cccc5ccc2c3c45)c(=O)[nH]1. The number of aromatic amines is 2. The minimum Gasteiger partial charge on any atom is -0.494 e. The van der Waals surface area contributed by atoms with E-state index >= 15 is 0 Å². The van der Waals surface area contributed by atoms with Crippen LogP contribution in [0.3, 0.4) is 0 Å². The lowest BCUT2D eigenvalue weighted by molar-refractivity contribution is 0.441. The monoisotopic (exact) mass is 342 g/mol. The lowest BCUT2D eigenvalue weighted by Gasteiger charge is -2.14. The zero-order valence-electron chi connectivity index (χ0n) is 13.7. The van der Waals surface area contributed by atoms with Crippen molar-refractivity contribution >= 4 is 32.3 Å². The molecule has 26 heavy (non-hydrogen) atoms. The van der Waals surface area contributed by atoms with Crippen LogP contribution in [0.4, 0.5) is 0 Å². The van der Waals surface area contributed by atoms with Gasteiger partial charge in [-0.1, -0.05) is 54.6 Å². The van der Waals surface area contributed by atoms with E-state index in [-0.39, 0.29) is 17.9 Å². The largest absolute Gasteiger partial charge is 0.494 e. The van der Waals surface area contributed by atoms with Gasteiger partial charge in [0, 0.05) is 6.42 Å². The van der Waals surface area contributed by atoms with Crippen LogP contribution in [0.1, 0.15) is 11.1 Å². The predicted molar refractivity (Wildman–Crippen MR) is 102 cm³/mol. The Bertz CT molecular complexity index is 1400. The molecule has 0 aliphatic heterocycles. The third-order valence-electron chi connectivity index (χ3n) is 5.01. The second-order valence-electron chi connectivity index (χ2n) is 6.49. The summed E-state index contributed by atoms with van der Waals surface area (Å²) in [5.41, 5.74) is -0.216. The van der Waals surface area contributed by atoms with Gasteiger partial charge in [-0.3, -0.25) is 14.8 Å². The first-order valence-electron chi connectivity index (χ1n) is 8.32. The van der Waals surface area contributed by atoms with Gasteiger partial charge in [0.15, 0.2) is 0 Å². The summed E-state index contributed by atoms with van der Waals surface area (Å²) < 4.78 is 0. The first-order chi connectivity index (χ1) is 12.6. The van der Waals surface area contributed by atoms with Crippen LogP contribution in [-0.2, 0) is 6.42 Å². The fourth-order valence-corrected chi connectivity index (χ4v) is 3.80. The molecule has 4 aromatic carbocycles. The average molecular weight is 342 g/mol. The van der Waals surface area contributed by atoms with Crippen LogP contribution in [0.25, 0.3) is 32.3 Å². The second kappa shape index (κ2) is 5.20. The topological polar surface area (TPSA) is 85.9 Å². The van der Waals surface area contributed by atoms with Crippen LogP contribution in [0, 0.1) is 0 Å². The van der Waals surface area contributed by atoms with Gasteiger partial charge in [0.2, 0.25) is 5.88 Å². The predicted octanol–water partition coefficient (Wildman–Crippen LogP) is 3.26. The lowest BCUT2D eigenvalue weighted by Crippen LogP contribution is -2.25. The van der Waals surface area contributed by atoms with E-state index in [1.54, 1.807) is 0 Å². The van der Waals surface area contributed by atoms with Gasteiger partial charge >= 0.3 is 5.69 Å². The minimum absolute atomic E-state index is 0.152. The van der Waals surface area contributed by atoms with Gasteiger partial charge < -0.3 is 5.11 Å². The third-order valence-corrected chi connectivity index (χ3v) is 5.01. The smallest absolute Gasteiger partial charge is 0.328 e. The molecule has 1 aromatic heterocycles. The molecule has 0 amide bonds. The zero-order valence-corrected chi connectivity index (χ0v) is 13.7. The molecular formula is C21H14N2O3. The number of H-pyrrole nitrogens is 2. The van der Waals surface area contributed by atoms with Crippen LogP contribution < -0.4 is 11.2 Å². The summed E-state index contributed by atoms with van der Waals surface area (Å²) in [4.78, 5) is 27.8. The maximum absolute atomic E-state index is 12.1. The highest BCUT2D eigenvalue weighted by Crippen LogP contribution is 2.36. The molecule has 126 valence electrons. The molecule has 3 N–H and O–H groups in total. The van der Waals surface area contributed by atoms with Crippen LogP contribution in [0.15, 0.2) is 64.2 Å². The van der Waals surface area contributed by atoms with Crippen molar-refractivity contribution < 1.29 is 5.11 Å². The van der Waals surface area contributed by atoms with Crippen molar-refractivity contribution in [2.45, 2.75) is 6.42 Å². The molecule has 0 unspecified atom stereocenters. The maximum Gasteiger partial charge on any atom is 0.328 e. The molecule has 0 saturated carbocycles. The average Bonchev–Trinajstić information content (AvgIpc) is 2.63. The van der Waals surface area contributed by atoms with Crippen LogP contribution in [-0.4, -0.2) is 15.1 Å². The molecule has 0 saturated heterocycles. The van der Waals surface area contributed by atoms with Crippen molar-refractivity contribution in [2.24, 2.45) is 0 Å². The molecule has 5 rings (SSSR count). The van der Waals surface area contributed by atoms with Crippen LogP contribution in [0.5, 0.6) is 5.88 Å². The summed E-state index contributed by atoms with van der Waals surface area (Å²) in [5.74, 6) is -0.385. The Labute approximate surface area is 146 Å². The van der Waals surface area contributed by atoms with E-state index in [9.17, 15) is 14.7 Å². The highest BCUT2D eigenvalue weighted by atomic mass is 16.3. The van der Waals surface area contributed by atoms with E-state index in [1.807, 2.05) is 18.2 Å². The van der Waals surface area contributed by atoms with Crippen molar-refractivity contribution in [2.75, 3.05) is 0 Å². The maximum atomic E-state index is 12.1. The molecule has 0 fully saturated rings. The standard InChI is InChI=1S/C21H14N2O3/c24-19-16(20(25)23-21(26)22-19)10-14-7-6-13-5-4-11-2-1-3-12-8-9-15(14)18(13)17(11)12/h1-9H,10H2,(H3,22,23,24,25,26). The van der Waals surface area contributed by atoms with Gasteiger partial charge in [-0.15, -0.1) is 0 Å². The Morgan fingerprint density at radius 3 is 2.15 bits per heavy atom. The van der Waals surface area contributed by atoms with Gasteiger partial charge in [0.1, 0.15) is 0 Å². The highest BCUT2D eigenvalue weighted by molar-refractivity contribution is 6.23. The molecule has 0 bridgehead atoms. The van der Waals surface area contributed by atoms with Crippen LogP contribution in [0.2, 0.25) is 0 Å². The number of benzene rings is 4. The van der Waals surface area contributed by atoms with E-state index in [2.05, 4.69) is 46.4 Å². The van der Waals surface area contributed by atoms with Gasteiger partial charge in [0.25, 0.3) is 5.56 Å². The number of aromatic nitrogens is 2. The molecule has 0 aliphatic carbocycles. The van der Waals surface area contributed by atoms with Crippen LogP contribution >= 0.6 is 0 Å². The van der Waals surface area contributed by atoms with E-state index in [4.69, 9.17) is 0 Å². The van der Waals surface area contributed by atoms with Crippen molar-refractivity contribution in [3.05, 3.63) is 86.6 Å². The van der Waals surface area contributed by atoms with Gasteiger partial charge in [-0.05, 0) is 37.9 Å². The van der Waals surface area contributed by atoms with Gasteiger partial charge in [-0.2, -0.15) is 0 Å². The molecule has 0 atom stereocenters. The summed E-state index contributed by atoms with van der Waals surface area (Å²) in [6, 6.07) is 18.5. The normalized spacial score (nSPS) is 11.7. The minimum atomic E-state index is -0.716. The molecule has 5 heteroatoms. The van der Waals surface area contributed by atoms with Crippen molar-refractivity contribution in [1.82, 2.24) is 9.97 Å². The summed E-state index contributed by atoms with van der Waals surface area (Å²) in [7, 11) is 0. The number of rotatable bonds is 2. The number of aromatic hydroxyl groups is 1. The molecular weight excluding hydrogens is 328 g/mol. The first kappa shape index (κ1) is 14.7. The summed E-state index contributed by atoms with van der Waals surface area (Å²) in [5, 5.41) is 16.9. The van der Waals surface area contributed by atoms with E-state index in [0.717, 1.165) is 21.7 Å². The van der Waals surface area contributed by atoms with E-state index in [1.165, 1.54) is 16.2 Å².